The third kappa shape index (κ3) is 0.997. The maximum Gasteiger partial charge on any atom is 0.186 e. The zero-order valence-electron chi connectivity index (χ0n) is 6.17. The van der Waals surface area contributed by atoms with E-state index in [2.05, 4.69) is 12.1 Å². The third-order valence-electron chi connectivity index (χ3n) is 2.13. The minimum absolute atomic E-state index is 0.306. The summed E-state index contributed by atoms with van der Waals surface area (Å²) in [6.45, 7) is 2.15. The van der Waals surface area contributed by atoms with Crippen molar-refractivity contribution in [1.29, 1.82) is 0 Å². The number of aromatic nitrogens is 1. The molecule has 11 heavy (non-hydrogen) atoms. The smallest absolute Gasteiger partial charge is 0.186 e. The van der Waals surface area contributed by atoms with Crippen LogP contribution in [0.4, 0.5) is 5.82 Å². The Balaban J connectivity index is 2.31. The predicted octanol–water partition coefficient (Wildman–Crippen LogP) is 2.03. The molecule has 1 aliphatic rings. The highest BCUT2D eigenvalue weighted by molar-refractivity contribution is 6.33. The van der Waals surface area contributed by atoms with E-state index >= 15 is 0 Å². The van der Waals surface area contributed by atoms with E-state index in [4.69, 9.17) is 21.9 Å². The summed E-state index contributed by atoms with van der Waals surface area (Å²) in [5, 5.41) is 4.08. The molecule has 1 fully saturated rings. The Morgan fingerprint density at radius 3 is 2.73 bits per heavy atom. The van der Waals surface area contributed by atoms with Gasteiger partial charge < -0.3 is 10.3 Å². The average Bonchev–Trinajstić information content (AvgIpc) is 2.58. The van der Waals surface area contributed by atoms with E-state index in [1.807, 2.05) is 0 Å². The average molecular weight is 173 g/mol. The largest absolute Gasteiger partial charge is 0.380 e. The van der Waals surface area contributed by atoms with E-state index in [1.54, 1.807) is 0 Å². The van der Waals surface area contributed by atoms with Crippen LogP contribution < -0.4 is 5.73 Å². The fourth-order valence-electron chi connectivity index (χ4n) is 1.22. The zero-order valence-corrected chi connectivity index (χ0v) is 6.93. The van der Waals surface area contributed by atoms with Crippen LogP contribution in [-0.4, -0.2) is 5.16 Å². The van der Waals surface area contributed by atoms with Crippen LogP contribution in [0.3, 0.4) is 0 Å². The van der Waals surface area contributed by atoms with Crippen LogP contribution in [0.15, 0.2) is 4.52 Å². The Morgan fingerprint density at radius 1 is 1.73 bits per heavy atom. The van der Waals surface area contributed by atoms with Gasteiger partial charge in [0.15, 0.2) is 11.6 Å². The van der Waals surface area contributed by atoms with Crippen molar-refractivity contribution in [3.8, 4) is 0 Å². The molecule has 0 radical (unpaired) electrons. The summed E-state index contributed by atoms with van der Waals surface area (Å²) >= 11 is 5.83. The summed E-state index contributed by atoms with van der Waals surface area (Å²) in [4.78, 5) is 0. The fraction of sp³-hybridized carbons (Fsp3) is 0.571. The lowest BCUT2D eigenvalue weighted by Gasteiger charge is -1.88. The van der Waals surface area contributed by atoms with Crippen molar-refractivity contribution in [3.05, 3.63) is 10.8 Å². The first-order chi connectivity index (χ1) is 5.20. The molecule has 2 unspecified atom stereocenters. The lowest BCUT2D eigenvalue weighted by atomic mass is 10.2. The van der Waals surface area contributed by atoms with Crippen molar-refractivity contribution in [1.82, 2.24) is 5.16 Å². The second kappa shape index (κ2) is 2.14. The van der Waals surface area contributed by atoms with Gasteiger partial charge in [-0.2, -0.15) is 0 Å². The monoisotopic (exact) mass is 172 g/mol. The fourth-order valence-corrected chi connectivity index (χ4v) is 1.43. The van der Waals surface area contributed by atoms with Gasteiger partial charge in [0.1, 0.15) is 5.02 Å². The normalized spacial score (nSPS) is 28.9. The van der Waals surface area contributed by atoms with Gasteiger partial charge in [0, 0.05) is 5.92 Å². The van der Waals surface area contributed by atoms with E-state index in [0.29, 0.717) is 22.7 Å². The molecule has 1 heterocycles. The molecule has 4 heteroatoms. The summed E-state index contributed by atoms with van der Waals surface area (Å²) in [5.41, 5.74) is 5.41. The molecule has 0 saturated heterocycles. The SMILES string of the molecule is CC1CC1c1onc(N)c1Cl. The van der Waals surface area contributed by atoms with Crippen molar-refractivity contribution in [2.75, 3.05) is 5.73 Å². The Kier molecular flexibility index (Phi) is 1.36. The van der Waals surface area contributed by atoms with Crippen LogP contribution in [-0.2, 0) is 0 Å². The van der Waals surface area contributed by atoms with Crippen LogP contribution in [0.2, 0.25) is 5.02 Å². The van der Waals surface area contributed by atoms with Gasteiger partial charge in [0.25, 0.3) is 0 Å². The summed E-state index contributed by atoms with van der Waals surface area (Å²) in [7, 11) is 0. The molecule has 1 aliphatic carbocycles. The van der Waals surface area contributed by atoms with E-state index in [1.165, 1.54) is 0 Å². The Hall–Kier alpha value is -0.700. The Morgan fingerprint density at radius 2 is 2.36 bits per heavy atom. The minimum atomic E-state index is 0.306. The van der Waals surface area contributed by atoms with Crippen LogP contribution in [0.5, 0.6) is 0 Å². The van der Waals surface area contributed by atoms with Crippen LogP contribution in [0.25, 0.3) is 0 Å². The molecule has 0 aliphatic heterocycles. The van der Waals surface area contributed by atoms with Crippen molar-refractivity contribution >= 4 is 17.4 Å². The number of rotatable bonds is 1. The van der Waals surface area contributed by atoms with Crippen LogP contribution in [0, 0.1) is 5.92 Å². The molecule has 0 bridgehead atoms. The molecule has 3 nitrogen and oxygen atoms in total. The second-order valence-corrected chi connectivity index (χ2v) is 3.44. The van der Waals surface area contributed by atoms with Gasteiger partial charge >= 0.3 is 0 Å². The molecule has 1 aromatic rings. The number of nitrogen functional groups attached to an aromatic ring is 1. The number of hydrogen-bond donors (Lipinski definition) is 1. The first-order valence-corrected chi connectivity index (χ1v) is 3.98. The highest BCUT2D eigenvalue weighted by Crippen LogP contribution is 2.49. The molecule has 60 valence electrons. The van der Waals surface area contributed by atoms with Gasteiger partial charge in [0.2, 0.25) is 0 Å². The summed E-state index contributed by atoms with van der Waals surface area (Å²) in [6, 6.07) is 0. The van der Waals surface area contributed by atoms with Crippen molar-refractivity contribution in [2.45, 2.75) is 19.3 Å². The quantitative estimate of drug-likeness (QED) is 0.705. The summed E-state index contributed by atoms with van der Waals surface area (Å²) in [5.74, 6) is 2.18. The summed E-state index contributed by atoms with van der Waals surface area (Å²) < 4.78 is 4.98. The maximum atomic E-state index is 5.83. The lowest BCUT2D eigenvalue weighted by molar-refractivity contribution is 0.384. The Labute approximate surface area is 69.5 Å². The number of anilines is 1. The number of halogens is 1. The van der Waals surface area contributed by atoms with Crippen molar-refractivity contribution < 1.29 is 4.52 Å². The van der Waals surface area contributed by atoms with Crippen LogP contribution in [0.1, 0.15) is 25.0 Å². The molecule has 1 saturated carbocycles. The van der Waals surface area contributed by atoms with Gasteiger partial charge in [-0.15, -0.1) is 0 Å². The Bertz CT molecular complexity index is 284. The standard InChI is InChI=1S/C7H9ClN2O/c1-3-2-4(3)6-5(8)7(9)10-11-6/h3-4H,2H2,1H3,(H2,9,10). The van der Waals surface area contributed by atoms with Gasteiger partial charge in [-0.05, 0) is 12.3 Å². The van der Waals surface area contributed by atoms with E-state index < -0.39 is 0 Å². The van der Waals surface area contributed by atoms with Crippen LogP contribution >= 0.6 is 11.6 Å². The van der Waals surface area contributed by atoms with E-state index in [0.717, 1.165) is 12.2 Å². The zero-order chi connectivity index (χ0) is 8.01. The first-order valence-electron chi connectivity index (χ1n) is 3.60. The first kappa shape index (κ1) is 6.98. The molecule has 0 spiro atoms. The topological polar surface area (TPSA) is 52.0 Å². The van der Waals surface area contributed by atoms with E-state index in [-0.39, 0.29) is 0 Å². The van der Waals surface area contributed by atoms with Gasteiger partial charge in [-0.25, -0.2) is 0 Å². The van der Waals surface area contributed by atoms with Gasteiger partial charge in [0.05, 0.1) is 0 Å². The lowest BCUT2D eigenvalue weighted by Crippen LogP contribution is -1.83. The summed E-state index contributed by atoms with van der Waals surface area (Å²) in [6.07, 6.45) is 1.13. The third-order valence-corrected chi connectivity index (χ3v) is 2.51. The van der Waals surface area contributed by atoms with E-state index in [9.17, 15) is 0 Å². The molecule has 2 rings (SSSR count). The highest BCUT2D eigenvalue weighted by atomic mass is 35.5. The number of hydrogen-bond acceptors (Lipinski definition) is 3. The second-order valence-electron chi connectivity index (χ2n) is 3.07. The van der Waals surface area contributed by atoms with Gasteiger partial charge in [-0.3, -0.25) is 0 Å². The van der Waals surface area contributed by atoms with Crippen molar-refractivity contribution in [3.63, 3.8) is 0 Å². The molecule has 0 aromatic carbocycles. The molecular formula is C7H9ClN2O. The number of nitrogens with two attached hydrogens (primary N) is 1. The molecule has 0 amide bonds. The van der Waals surface area contributed by atoms with Crippen molar-refractivity contribution in [2.24, 2.45) is 5.92 Å². The maximum absolute atomic E-state index is 5.83. The molecule has 1 aromatic heterocycles. The van der Waals surface area contributed by atoms with Gasteiger partial charge in [-0.1, -0.05) is 23.7 Å². The molecule has 2 N–H and O–H groups in total. The molecular weight excluding hydrogens is 164 g/mol. The number of nitrogens with zero attached hydrogens (tertiary/aromatic N) is 1. The molecule has 2 atom stereocenters. The predicted molar refractivity (Wildman–Crippen MR) is 42.4 cm³/mol. The minimum Gasteiger partial charge on any atom is -0.380 e. The highest BCUT2D eigenvalue weighted by Gasteiger charge is 2.39.